The van der Waals surface area contributed by atoms with Gasteiger partial charge in [-0.05, 0) is 37.1 Å². The van der Waals surface area contributed by atoms with Crippen molar-refractivity contribution < 1.29 is 9.13 Å². The van der Waals surface area contributed by atoms with E-state index in [-0.39, 0.29) is 5.82 Å². The summed E-state index contributed by atoms with van der Waals surface area (Å²) in [7, 11) is 0. The van der Waals surface area contributed by atoms with E-state index in [0.29, 0.717) is 0 Å². The highest BCUT2D eigenvalue weighted by Gasteiger charge is 1.94. The van der Waals surface area contributed by atoms with Gasteiger partial charge in [-0.1, -0.05) is 25.5 Å². The molecular weight excluding hydrogens is 217 g/mol. The largest absolute Gasteiger partial charge is 0.381 e. The number of benzene rings is 1. The van der Waals surface area contributed by atoms with Crippen LogP contribution in [-0.2, 0) is 11.3 Å². The van der Waals surface area contributed by atoms with Gasteiger partial charge < -0.3 is 10.1 Å². The Hall–Kier alpha value is -0.930. The Labute approximate surface area is 103 Å². The lowest BCUT2D eigenvalue weighted by atomic mass is 10.2. The zero-order valence-electron chi connectivity index (χ0n) is 10.5. The molecule has 0 unspecified atom stereocenters. The van der Waals surface area contributed by atoms with Crippen LogP contribution in [0, 0.1) is 5.82 Å². The minimum absolute atomic E-state index is 0.182. The summed E-state index contributed by atoms with van der Waals surface area (Å²) in [4.78, 5) is 0. The topological polar surface area (TPSA) is 21.3 Å². The van der Waals surface area contributed by atoms with Crippen LogP contribution in [0.3, 0.4) is 0 Å². The van der Waals surface area contributed by atoms with Crippen molar-refractivity contribution in [2.45, 2.75) is 32.7 Å². The van der Waals surface area contributed by atoms with Gasteiger partial charge >= 0.3 is 0 Å². The quantitative estimate of drug-likeness (QED) is 0.668. The molecule has 0 heterocycles. The molecule has 0 saturated carbocycles. The van der Waals surface area contributed by atoms with Crippen LogP contribution in [0.2, 0.25) is 0 Å². The van der Waals surface area contributed by atoms with Crippen molar-refractivity contribution in [2.75, 3.05) is 19.8 Å². The number of halogens is 1. The Bertz CT molecular complexity index is 287. The molecule has 17 heavy (non-hydrogen) atoms. The molecule has 0 aliphatic carbocycles. The number of rotatable bonds is 9. The van der Waals surface area contributed by atoms with Gasteiger partial charge in [0.25, 0.3) is 0 Å². The fourth-order valence-electron chi connectivity index (χ4n) is 1.48. The summed E-state index contributed by atoms with van der Waals surface area (Å²) in [6, 6.07) is 6.59. The second kappa shape index (κ2) is 9.14. The van der Waals surface area contributed by atoms with E-state index >= 15 is 0 Å². The SMILES string of the molecule is CCCCOCCCNCc1ccc(F)cc1. The van der Waals surface area contributed by atoms with E-state index in [9.17, 15) is 4.39 Å². The molecule has 0 amide bonds. The molecule has 3 heteroatoms. The minimum atomic E-state index is -0.182. The second-order valence-corrected chi connectivity index (χ2v) is 4.12. The summed E-state index contributed by atoms with van der Waals surface area (Å²) in [6.07, 6.45) is 3.34. The van der Waals surface area contributed by atoms with Crippen LogP contribution in [0.25, 0.3) is 0 Å². The van der Waals surface area contributed by atoms with Crippen molar-refractivity contribution in [1.82, 2.24) is 5.32 Å². The first-order chi connectivity index (χ1) is 8.33. The maximum atomic E-state index is 12.6. The van der Waals surface area contributed by atoms with Crippen molar-refractivity contribution in [3.8, 4) is 0 Å². The minimum Gasteiger partial charge on any atom is -0.381 e. The molecule has 0 radical (unpaired) electrons. The molecule has 0 aliphatic rings. The molecule has 0 aromatic heterocycles. The summed E-state index contributed by atoms with van der Waals surface area (Å²) in [5, 5.41) is 3.31. The average Bonchev–Trinajstić information content (AvgIpc) is 2.35. The monoisotopic (exact) mass is 239 g/mol. The van der Waals surface area contributed by atoms with Crippen LogP contribution < -0.4 is 5.32 Å². The van der Waals surface area contributed by atoms with Gasteiger partial charge in [0.05, 0.1) is 0 Å². The molecule has 0 spiro atoms. The van der Waals surface area contributed by atoms with Crippen LogP contribution in [-0.4, -0.2) is 19.8 Å². The Morgan fingerprint density at radius 3 is 2.53 bits per heavy atom. The van der Waals surface area contributed by atoms with Gasteiger partial charge in [0.15, 0.2) is 0 Å². The van der Waals surface area contributed by atoms with Crippen LogP contribution in [0.4, 0.5) is 4.39 Å². The first kappa shape index (κ1) is 14.1. The van der Waals surface area contributed by atoms with E-state index in [4.69, 9.17) is 4.74 Å². The van der Waals surface area contributed by atoms with Crippen LogP contribution >= 0.6 is 0 Å². The summed E-state index contributed by atoms with van der Waals surface area (Å²) in [5.41, 5.74) is 1.11. The predicted molar refractivity (Wildman–Crippen MR) is 68.5 cm³/mol. The molecule has 2 nitrogen and oxygen atoms in total. The fraction of sp³-hybridized carbons (Fsp3) is 0.571. The zero-order chi connectivity index (χ0) is 12.3. The second-order valence-electron chi connectivity index (χ2n) is 4.12. The molecule has 0 atom stereocenters. The lowest BCUT2D eigenvalue weighted by Gasteiger charge is -2.05. The summed E-state index contributed by atoms with van der Waals surface area (Å²) in [5.74, 6) is -0.182. The van der Waals surface area contributed by atoms with Crippen LogP contribution in [0.5, 0.6) is 0 Å². The number of hydrogen-bond acceptors (Lipinski definition) is 2. The van der Waals surface area contributed by atoms with Gasteiger partial charge in [0.1, 0.15) is 5.82 Å². The molecule has 1 aromatic carbocycles. The predicted octanol–water partition coefficient (Wildman–Crippen LogP) is 3.12. The summed E-state index contributed by atoms with van der Waals surface area (Å²) < 4.78 is 18.1. The number of nitrogens with one attached hydrogen (secondary N) is 1. The van der Waals surface area contributed by atoms with Gasteiger partial charge in [-0.25, -0.2) is 4.39 Å². The standard InChI is InChI=1S/C14H22FNO/c1-2-3-10-17-11-4-9-16-12-13-5-7-14(15)8-6-13/h5-8,16H,2-4,9-12H2,1H3. The average molecular weight is 239 g/mol. The summed E-state index contributed by atoms with van der Waals surface area (Å²) in [6.45, 7) is 5.57. The maximum Gasteiger partial charge on any atom is 0.123 e. The van der Waals surface area contributed by atoms with E-state index < -0.39 is 0 Å². The molecule has 0 bridgehead atoms. The number of unbranched alkanes of at least 4 members (excludes halogenated alkanes) is 1. The lowest BCUT2D eigenvalue weighted by molar-refractivity contribution is 0.129. The smallest absolute Gasteiger partial charge is 0.123 e. The molecule has 0 aliphatic heterocycles. The first-order valence-electron chi connectivity index (χ1n) is 6.36. The molecule has 1 aromatic rings. The fourth-order valence-corrected chi connectivity index (χ4v) is 1.48. The number of ether oxygens (including phenoxy) is 1. The number of hydrogen-bond donors (Lipinski definition) is 1. The van der Waals surface area contributed by atoms with E-state index in [1.807, 2.05) is 0 Å². The van der Waals surface area contributed by atoms with Crippen molar-refractivity contribution in [1.29, 1.82) is 0 Å². The summed E-state index contributed by atoms with van der Waals surface area (Å²) >= 11 is 0. The molecule has 1 N–H and O–H groups in total. The molecule has 0 fully saturated rings. The Kier molecular flexibility index (Phi) is 7.60. The normalized spacial score (nSPS) is 10.7. The molecule has 1 rings (SSSR count). The third-order valence-electron chi connectivity index (χ3n) is 2.53. The molecule has 96 valence electrons. The highest BCUT2D eigenvalue weighted by atomic mass is 19.1. The Morgan fingerprint density at radius 2 is 1.82 bits per heavy atom. The molecule has 0 saturated heterocycles. The van der Waals surface area contributed by atoms with Gasteiger partial charge in [-0.2, -0.15) is 0 Å². The third kappa shape index (κ3) is 7.08. The van der Waals surface area contributed by atoms with Gasteiger partial charge in [-0.3, -0.25) is 0 Å². The third-order valence-corrected chi connectivity index (χ3v) is 2.53. The van der Waals surface area contributed by atoms with Crippen molar-refractivity contribution in [3.05, 3.63) is 35.6 Å². The lowest BCUT2D eigenvalue weighted by Crippen LogP contribution is -2.16. The van der Waals surface area contributed by atoms with Gasteiger partial charge in [0, 0.05) is 19.8 Å². The zero-order valence-corrected chi connectivity index (χ0v) is 10.5. The van der Waals surface area contributed by atoms with Crippen molar-refractivity contribution >= 4 is 0 Å². The van der Waals surface area contributed by atoms with Crippen LogP contribution in [0.15, 0.2) is 24.3 Å². The van der Waals surface area contributed by atoms with Crippen molar-refractivity contribution in [3.63, 3.8) is 0 Å². The Morgan fingerprint density at radius 1 is 1.12 bits per heavy atom. The Balaban J connectivity index is 1.95. The van der Waals surface area contributed by atoms with E-state index in [1.165, 1.54) is 18.6 Å². The first-order valence-corrected chi connectivity index (χ1v) is 6.36. The van der Waals surface area contributed by atoms with Gasteiger partial charge in [-0.15, -0.1) is 0 Å². The van der Waals surface area contributed by atoms with E-state index in [0.717, 1.165) is 44.7 Å². The maximum absolute atomic E-state index is 12.6. The van der Waals surface area contributed by atoms with E-state index in [2.05, 4.69) is 12.2 Å². The highest BCUT2D eigenvalue weighted by Crippen LogP contribution is 2.01. The van der Waals surface area contributed by atoms with E-state index in [1.54, 1.807) is 12.1 Å². The van der Waals surface area contributed by atoms with Crippen molar-refractivity contribution in [2.24, 2.45) is 0 Å². The van der Waals surface area contributed by atoms with Crippen LogP contribution in [0.1, 0.15) is 31.7 Å². The van der Waals surface area contributed by atoms with Gasteiger partial charge in [0.2, 0.25) is 0 Å². The molecular formula is C14H22FNO. The highest BCUT2D eigenvalue weighted by molar-refractivity contribution is 5.15.